The molecule has 0 radical (unpaired) electrons. The molecule has 112 valence electrons. The Hall–Kier alpha value is -2.37. The summed E-state index contributed by atoms with van der Waals surface area (Å²) in [6.45, 7) is 4.77. The lowest BCUT2D eigenvalue weighted by molar-refractivity contribution is 0.0691. The lowest BCUT2D eigenvalue weighted by Gasteiger charge is -2.31. The van der Waals surface area contributed by atoms with Crippen molar-refractivity contribution < 1.29 is 19.4 Å². The Balaban J connectivity index is 2.00. The Bertz CT molecular complexity index is 536. The van der Waals surface area contributed by atoms with Crippen molar-refractivity contribution in [3.05, 3.63) is 42.2 Å². The van der Waals surface area contributed by atoms with Crippen LogP contribution in [0.2, 0.25) is 0 Å². The predicted molar refractivity (Wildman–Crippen MR) is 76.3 cm³/mol. The van der Waals surface area contributed by atoms with Crippen LogP contribution in [0.4, 0.5) is 4.79 Å². The molecule has 1 aromatic rings. The highest BCUT2D eigenvalue weighted by Gasteiger charge is 2.27. The molecule has 1 amide bonds. The van der Waals surface area contributed by atoms with E-state index in [0.29, 0.717) is 31.6 Å². The van der Waals surface area contributed by atoms with E-state index >= 15 is 0 Å². The number of nitrogens with zero attached hydrogens (tertiary/aromatic N) is 2. The van der Waals surface area contributed by atoms with Crippen molar-refractivity contribution in [2.24, 2.45) is 0 Å². The molecule has 1 N–H and O–H groups in total. The summed E-state index contributed by atoms with van der Waals surface area (Å²) < 4.78 is 4.99. The largest absolute Gasteiger partial charge is 0.478 e. The lowest BCUT2D eigenvalue weighted by atomic mass is 9.90. The zero-order valence-corrected chi connectivity index (χ0v) is 11.7. The number of amides is 1. The fraction of sp³-hybridized carbons (Fsp3) is 0.400. The minimum atomic E-state index is -0.967. The van der Waals surface area contributed by atoms with Gasteiger partial charge >= 0.3 is 12.1 Å². The van der Waals surface area contributed by atoms with E-state index in [1.54, 1.807) is 23.2 Å². The van der Waals surface area contributed by atoms with Gasteiger partial charge in [0.25, 0.3) is 0 Å². The molecule has 0 spiro atoms. The third kappa shape index (κ3) is 3.59. The summed E-state index contributed by atoms with van der Waals surface area (Å²) in [7, 11) is 0. The molecule has 21 heavy (non-hydrogen) atoms. The highest BCUT2D eigenvalue weighted by atomic mass is 16.6. The Morgan fingerprint density at radius 3 is 2.81 bits per heavy atom. The van der Waals surface area contributed by atoms with Crippen LogP contribution in [0.1, 0.15) is 34.8 Å². The van der Waals surface area contributed by atoms with Gasteiger partial charge in [0.1, 0.15) is 6.61 Å². The number of hydrogen-bond donors (Lipinski definition) is 1. The SMILES string of the molecule is C=CCOC(=O)N1CCC(c2ncccc2C(=O)O)CC1. The average Bonchev–Trinajstić information content (AvgIpc) is 2.52. The van der Waals surface area contributed by atoms with Crippen molar-refractivity contribution in [2.45, 2.75) is 18.8 Å². The maximum atomic E-state index is 11.7. The van der Waals surface area contributed by atoms with Crippen molar-refractivity contribution in [3.8, 4) is 0 Å². The fourth-order valence-corrected chi connectivity index (χ4v) is 2.48. The number of carbonyl (C=O) groups excluding carboxylic acids is 1. The number of pyridine rings is 1. The first-order chi connectivity index (χ1) is 10.1. The number of carboxylic acid groups (broad SMARTS) is 1. The van der Waals surface area contributed by atoms with Crippen LogP contribution in [0, 0.1) is 0 Å². The van der Waals surface area contributed by atoms with E-state index in [4.69, 9.17) is 4.74 Å². The predicted octanol–water partition coefficient (Wildman–Crippen LogP) is 2.28. The normalized spacial score (nSPS) is 15.5. The molecular weight excluding hydrogens is 272 g/mol. The number of rotatable bonds is 4. The van der Waals surface area contributed by atoms with Gasteiger partial charge in [0.2, 0.25) is 0 Å². The molecule has 0 saturated carbocycles. The number of carboxylic acids is 1. The number of ether oxygens (including phenoxy) is 1. The van der Waals surface area contributed by atoms with Crippen LogP contribution in [0.5, 0.6) is 0 Å². The van der Waals surface area contributed by atoms with E-state index in [9.17, 15) is 14.7 Å². The number of aromatic carboxylic acids is 1. The number of aromatic nitrogens is 1. The molecular formula is C15H18N2O4. The fourth-order valence-electron chi connectivity index (χ4n) is 2.48. The maximum absolute atomic E-state index is 11.7. The zero-order valence-electron chi connectivity index (χ0n) is 11.7. The van der Waals surface area contributed by atoms with Gasteiger partial charge in [-0.25, -0.2) is 9.59 Å². The van der Waals surface area contributed by atoms with Crippen LogP contribution in [-0.4, -0.2) is 46.7 Å². The maximum Gasteiger partial charge on any atom is 0.410 e. The summed E-state index contributed by atoms with van der Waals surface area (Å²) in [5, 5.41) is 9.20. The van der Waals surface area contributed by atoms with E-state index in [1.165, 1.54) is 6.08 Å². The Morgan fingerprint density at radius 2 is 2.19 bits per heavy atom. The minimum absolute atomic E-state index is 0.0563. The van der Waals surface area contributed by atoms with E-state index in [1.807, 2.05) is 0 Å². The Kier molecular flexibility index (Phi) is 4.92. The number of carbonyl (C=O) groups is 2. The second kappa shape index (κ2) is 6.88. The van der Waals surface area contributed by atoms with Gasteiger partial charge in [0, 0.05) is 25.2 Å². The molecule has 6 heteroatoms. The van der Waals surface area contributed by atoms with Crippen molar-refractivity contribution in [1.82, 2.24) is 9.88 Å². The summed E-state index contributed by atoms with van der Waals surface area (Å²) >= 11 is 0. The molecule has 0 aromatic carbocycles. The third-order valence-corrected chi connectivity index (χ3v) is 3.53. The van der Waals surface area contributed by atoms with Gasteiger partial charge in [0.05, 0.1) is 11.3 Å². The summed E-state index contributed by atoms with van der Waals surface area (Å²) in [6.07, 6.45) is 4.14. The first kappa shape index (κ1) is 15.0. The van der Waals surface area contributed by atoms with Crippen LogP contribution in [-0.2, 0) is 4.74 Å². The van der Waals surface area contributed by atoms with E-state index in [-0.39, 0.29) is 24.2 Å². The van der Waals surface area contributed by atoms with Gasteiger partial charge in [-0.2, -0.15) is 0 Å². The highest BCUT2D eigenvalue weighted by Crippen LogP contribution is 2.29. The molecule has 0 aliphatic carbocycles. The van der Waals surface area contributed by atoms with Crippen molar-refractivity contribution in [3.63, 3.8) is 0 Å². The number of piperidine rings is 1. The van der Waals surface area contributed by atoms with Crippen LogP contribution in [0.15, 0.2) is 31.0 Å². The minimum Gasteiger partial charge on any atom is -0.478 e. The molecule has 1 saturated heterocycles. The molecule has 0 bridgehead atoms. The molecule has 1 fully saturated rings. The van der Waals surface area contributed by atoms with Gasteiger partial charge < -0.3 is 14.7 Å². The number of likely N-dealkylation sites (tertiary alicyclic amines) is 1. The summed E-state index contributed by atoms with van der Waals surface area (Å²) in [5.74, 6) is -0.910. The molecule has 6 nitrogen and oxygen atoms in total. The molecule has 2 heterocycles. The van der Waals surface area contributed by atoms with E-state index < -0.39 is 5.97 Å². The van der Waals surface area contributed by atoms with Crippen molar-refractivity contribution in [2.75, 3.05) is 19.7 Å². The number of hydrogen-bond acceptors (Lipinski definition) is 4. The van der Waals surface area contributed by atoms with Gasteiger partial charge in [0.15, 0.2) is 0 Å². The van der Waals surface area contributed by atoms with Crippen LogP contribution in [0.3, 0.4) is 0 Å². The van der Waals surface area contributed by atoms with Crippen LogP contribution in [0.25, 0.3) is 0 Å². The summed E-state index contributed by atoms with van der Waals surface area (Å²) in [5.41, 5.74) is 0.842. The summed E-state index contributed by atoms with van der Waals surface area (Å²) in [4.78, 5) is 28.8. The molecule has 2 rings (SSSR count). The highest BCUT2D eigenvalue weighted by molar-refractivity contribution is 5.89. The van der Waals surface area contributed by atoms with E-state index in [0.717, 1.165) is 0 Å². The molecule has 1 aromatic heterocycles. The monoisotopic (exact) mass is 290 g/mol. The quantitative estimate of drug-likeness (QED) is 0.860. The van der Waals surface area contributed by atoms with Crippen LogP contribution >= 0.6 is 0 Å². The van der Waals surface area contributed by atoms with Gasteiger partial charge in [-0.05, 0) is 25.0 Å². The Morgan fingerprint density at radius 1 is 1.48 bits per heavy atom. The standard InChI is InChI=1S/C15H18N2O4/c1-2-10-21-15(20)17-8-5-11(6-9-17)13-12(14(18)19)4-3-7-16-13/h2-4,7,11H,1,5-6,8-10H2,(H,18,19). The molecule has 0 unspecified atom stereocenters. The van der Waals surface area contributed by atoms with Gasteiger partial charge in [-0.3, -0.25) is 4.98 Å². The molecule has 1 aliphatic rings. The second-order valence-electron chi connectivity index (χ2n) is 4.87. The Labute approximate surface area is 123 Å². The van der Waals surface area contributed by atoms with E-state index in [2.05, 4.69) is 11.6 Å². The van der Waals surface area contributed by atoms with Crippen molar-refractivity contribution in [1.29, 1.82) is 0 Å². The molecule has 0 atom stereocenters. The van der Waals surface area contributed by atoms with Crippen LogP contribution < -0.4 is 0 Å². The third-order valence-electron chi connectivity index (χ3n) is 3.53. The summed E-state index contributed by atoms with van der Waals surface area (Å²) in [6, 6.07) is 3.18. The average molecular weight is 290 g/mol. The first-order valence-electron chi connectivity index (χ1n) is 6.84. The zero-order chi connectivity index (χ0) is 15.2. The second-order valence-corrected chi connectivity index (χ2v) is 4.87. The van der Waals surface area contributed by atoms with Gasteiger partial charge in [-0.1, -0.05) is 12.7 Å². The lowest BCUT2D eigenvalue weighted by Crippen LogP contribution is -2.38. The molecule has 1 aliphatic heterocycles. The topological polar surface area (TPSA) is 79.7 Å². The van der Waals surface area contributed by atoms with Gasteiger partial charge in [-0.15, -0.1) is 0 Å². The smallest absolute Gasteiger partial charge is 0.410 e. The van der Waals surface area contributed by atoms with Crippen molar-refractivity contribution >= 4 is 12.1 Å². The first-order valence-corrected chi connectivity index (χ1v) is 6.84.